The molecule has 0 aliphatic carbocycles. The number of sulfonamides is 1. The summed E-state index contributed by atoms with van der Waals surface area (Å²) in [5, 5.41) is 3.52. The van der Waals surface area contributed by atoms with E-state index in [1.165, 1.54) is 37.3 Å². The highest BCUT2D eigenvalue weighted by molar-refractivity contribution is 7.92. The Hall–Kier alpha value is -4.54. The van der Waals surface area contributed by atoms with Crippen molar-refractivity contribution in [3.8, 4) is 11.5 Å². The Morgan fingerprint density at radius 3 is 2.10 bits per heavy atom. The summed E-state index contributed by atoms with van der Waals surface area (Å²) in [5.41, 5.74) is 3.49. The largest absolute Gasteiger partial charge is 0.493 e. The molecule has 4 aromatic carbocycles. The highest BCUT2D eigenvalue weighted by Gasteiger charge is 2.35. The molecule has 0 heterocycles. The van der Waals surface area contributed by atoms with Crippen LogP contribution in [0.1, 0.15) is 42.5 Å². The SMILES string of the molecule is CC[C@H](C)NC(=O)[C@H](Cc1ccccc1)N(Cc1cccc(Cl)c1)C(=O)CN(c1cc(C)cc(C)c1)S(=O)(=O)c1ccc(OC)c(OC)c1. The number of hydrogen-bond acceptors (Lipinski definition) is 6. The van der Waals surface area contributed by atoms with Gasteiger partial charge in [-0.1, -0.05) is 67.1 Å². The molecular formula is C38H44ClN3O6S. The summed E-state index contributed by atoms with van der Waals surface area (Å²) >= 11 is 6.35. The van der Waals surface area contributed by atoms with Gasteiger partial charge in [0, 0.05) is 30.1 Å². The zero-order valence-corrected chi connectivity index (χ0v) is 30.3. The number of amides is 2. The normalized spacial score (nSPS) is 12.5. The van der Waals surface area contributed by atoms with Crippen LogP contribution < -0.4 is 19.1 Å². The summed E-state index contributed by atoms with van der Waals surface area (Å²) in [6.07, 6.45) is 0.900. The van der Waals surface area contributed by atoms with E-state index in [4.69, 9.17) is 21.1 Å². The van der Waals surface area contributed by atoms with Gasteiger partial charge in [-0.2, -0.15) is 0 Å². The van der Waals surface area contributed by atoms with Crippen LogP contribution in [0.3, 0.4) is 0 Å². The highest BCUT2D eigenvalue weighted by atomic mass is 35.5. The molecule has 9 nitrogen and oxygen atoms in total. The molecule has 4 rings (SSSR count). The van der Waals surface area contributed by atoms with E-state index in [0.29, 0.717) is 28.4 Å². The van der Waals surface area contributed by atoms with E-state index in [1.807, 2.05) is 70.2 Å². The lowest BCUT2D eigenvalue weighted by Gasteiger charge is -2.34. The molecule has 0 aliphatic heterocycles. The predicted octanol–water partition coefficient (Wildman–Crippen LogP) is 6.72. The lowest BCUT2D eigenvalue weighted by Crippen LogP contribution is -2.54. The molecule has 0 fully saturated rings. The van der Waals surface area contributed by atoms with Crippen LogP contribution in [0.25, 0.3) is 0 Å². The first-order chi connectivity index (χ1) is 23.4. The van der Waals surface area contributed by atoms with Crippen molar-refractivity contribution in [1.82, 2.24) is 10.2 Å². The van der Waals surface area contributed by atoms with Gasteiger partial charge in [0.25, 0.3) is 10.0 Å². The Balaban J connectivity index is 1.86. The van der Waals surface area contributed by atoms with Crippen LogP contribution in [0.15, 0.2) is 95.9 Å². The molecule has 0 aromatic heterocycles. The number of nitrogens with one attached hydrogen (secondary N) is 1. The van der Waals surface area contributed by atoms with Gasteiger partial charge in [0.05, 0.1) is 24.8 Å². The summed E-state index contributed by atoms with van der Waals surface area (Å²) in [4.78, 5) is 30.1. The maximum Gasteiger partial charge on any atom is 0.264 e. The fourth-order valence-corrected chi connectivity index (χ4v) is 7.18. The van der Waals surface area contributed by atoms with Crippen LogP contribution in [0.5, 0.6) is 11.5 Å². The number of anilines is 1. The minimum absolute atomic E-state index is 0.0158. The minimum Gasteiger partial charge on any atom is -0.493 e. The lowest BCUT2D eigenvalue weighted by molar-refractivity contribution is -0.140. The molecule has 4 aromatic rings. The van der Waals surface area contributed by atoms with Gasteiger partial charge in [-0.3, -0.25) is 13.9 Å². The van der Waals surface area contributed by atoms with Crippen molar-refractivity contribution in [2.75, 3.05) is 25.1 Å². The second kappa shape index (κ2) is 16.7. The number of nitrogens with zero attached hydrogens (tertiary/aromatic N) is 2. The maximum absolute atomic E-state index is 14.7. The van der Waals surface area contributed by atoms with Gasteiger partial charge in [-0.25, -0.2) is 8.42 Å². The van der Waals surface area contributed by atoms with Gasteiger partial charge >= 0.3 is 0 Å². The molecule has 1 N–H and O–H groups in total. The molecule has 49 heavy (non-hydrogen) atoms. The Morgan fingerprint density at radius 1 is 0.837 bits per heavy atom. The lowest BCUT2D eigenvalue weighted by atomic mass is 10.0. The molecule has 0 aliphatic rings. The van der Waals surface area contributed by atoms with Crippen LogP contribution in [-0.2, 0) is 32.6 Å². The summed E-state index contributed by atoms with van der Waals surface area (Å²) in [6.45, 7) is 7.02. The van der Waals surface area contributed by atoms with E-state index in [-0.39, 0.29) is 35.6 Å². The molecule has 0 unspecified atom stereocenters. The number of carbonyl (C=O) groups is 2. The Morgan fingerprint density at radius 2 is 1.49 bits per heavy atom. The predicted molar refractivity (Wildman–Crippen MR) is 194 cm³/mol. The van der Waals surface area contributed by atoms with E-state index < -0.39 is 28.5 Å². The quantitative estimate of drug-likeness (QED) is 0.147. The number of aryl methyl sites for hydroxylation is 2. The number of benzene rings is 4. The Bertz CT molecular complexity index is 1850. The van der Waals surface area contributed by atoms with Gasteiger partial charge in [0.1, 0.15) is 12.6 Å². The average Bonchev–Trinajstić information content (AvgIpc) is 3.08. The second-order valence-electron chi connectivity index (χ2n) is 12.0. The van der Waals surface area contributed by atoms with Crippen molar-refractivity contribution in [2.45, 2.75) is 64.1 Å². The van der Waals surface area contributed by atoms with Gasteiger partial charge in [0.15, 0.2) is 11.5 Å². The molecule has 260 valence electrons. The molecule has 0 bridgehead atoms. The summed E-state index contributed by atoms with van der Waals surface area (Å²) in [5.74, 6) is -0.320. The van der Waals surface area contributed by atoms with Crippen molar-refractivity contribution in [1.29, 1.82) is 0 Å². The molecule has 11 heteroatoms. The maximum atomic E-state index is 14.7. The van der Waals surface area contributed by atoms with E-state index in [1.54, 1.807) is 30.3 Å². The number of rotatable bonds is 15. The minimum atomic E-state index is -4.35. The number of carbonyl (C=O) groups excluding carboxylic acids is 2. The van der Waals surface area contributed by atoms with Crippen molar-refractivity contribution >= 4 is 39.1 Å². The monoisotopic (exact) mass is 705 g/mol. The van der Waals surface area contributed by atoms with Crippen molar-refractivity contribution in [3.05, 3.63) is 118 Å². The first-order valence-corrected chi connectivity index (χ1v) is 17.9. The summed E-state index contributed by atoms with van der Waals surface area (Å²) in [7, 11) is -1.47. The molecule has 2 amide bonds. The van der Waals surface area contributed by atoms with Crippen LogP contribution in [0.2, 0.25) is 5.02 Å². The van der Waals surface area contributed by atoms with E-state index in [0.717, 1.165) is 21.0 Å². The van der Waals surface area contributed by atoms with Gasteiger partial charge in [-0.15, -0.1) is 0 Å². The van der Waals surface area contributed by atoms with Gasteiger partial charge in [-0.05, 0) is 85.8 Å². The molecular weight excluding hydrogens is 662 g/mol. The van der Waals surface area contributed by atoms with E-state index in [9.17, 15) is 18.0 Å². The highest BCUT2D eigenvalue weighted by Crippen LogP contribution is 2.33. The third kappa shape index (κ3) is 9.55. The fourth-order valence-electron chi connectivity index (χ4n) is 5.55. The zero-order valence-electron chi connectivity index (χ0n) is 28.8. The number of methoxy groups -OCH3 is 2. The molecule has 0 radical (unpaired) electrons. The molecule has 2 atom stereocenters. The third-order valence-corrected chi connectivity index (χ3v) is 10.2. The second-order valence-corrected chi connectivity index (χ2v) is 14.3. The van der Waals surface area contributed by atoms with Crippen LogP contribution in [0.4, 0.5) is 5.69 Å². The molecule has 0 spiro atoms. The van der Waals surface area contributed by atoms with Crippen molar-refractivity contribution < 1.29 is 27.5 Å². The first kappa shape index (κ1) is 37.3. The van der Waals surface area contributed by atoms with Crippen LogP contribution >= 0.6 is 11.6 Å². The van der Waals surface area contributed by atoms with Gasteiger partial charge < -0.3 is 19.7 Å². The van der Waals surface area contributed by atoms with E-state index >= 15 is 0 Å². The smallest absolute Gasteiger partial charge is 0.264 e. The Labute approximate surface area is 294 Å². The van der Waals surface area contributed by atoms with E-state index in [2.05, 4.69) is 5.32 Å². The fraction of sp³-hybridized carbons (Fsp3) is 0.316. The zero-order chi connectivity index (χ0) is 35.7. The first-order valence-electron chi connectivity index (χ1n) is 16.1. The van der Waals surface area contributed by atoms with Gasteiger partial charge in [0.2, 0.25) is 11.8 Å². The van der Waals surface area contributed by atoms with Crippen LogP contribution in [-0.4, -0.2) is 58.0 Å². The standard InChI is InChI=1S/C38H44ClN3O6S/c1-7-28(4)40-38(44)34(22-29-12-9-8-10-13-29)41(24-30-14-11-15-31(39)21-30)37(43)25-42(32-19-26(2)18-27(3)20-32)49(45,46)33-16-17-35(47-5)36(23-33)48-6/h8-21,23,28,34H,7,22,24-25H2,1-6H3,(H,40,44)/t28-,34-/m0/s1. The van der Waals surface area contributed by atoms with Crippen molar-refractivity contribution in [3.63, 3.8) is 0 Å². The number of hydrogen-bond donors (Lipinski definition) is 1. The number of ether oxygens (including phenoxy) is 2. The summed E-state index contributed by atoms with van der Waals surface area (Å²) in [6, 6.07) is 25.0. The molecule has 0 saturated heterocycles. The molecule has 0 saturated carbocycles. The Kier molecular flexibility index (Phi) is 12.7. The average molecular weight is 706 g/mol. The van der Waals surface area contributed by atoms with Crippen LogP contribution in [0, 0.1) is 13.8 Å². The third-order valence-electron chi connectivity index (χ3n) is 8.23. The summed E-state index contributed by atoms with van der Waals surface area (Å²) < 4.78 is 40.9. The van der Waals surface area contributed by atoms with Crippen molar-refractivity contribution in [2.24, 2.45) is 0 Å². The number of halogens is 1. The topological polar surface area (TPSA) is 105 Å².